The minimum absolute atomic E-state index is 0.0302. The highest BCUT2D eigenvalue weighted by atomic mass is 32.1. The van der Waals surface area contributed by atoms with Gasteiger partial charge in [0.05, 0.1) is 11.6 Å². The predicted octanol–water partition coefficient (Wildman–Crippen LogP) is 2.98. The molecule has 140 valence electrons. The van der Waals surface area contributed by atoms with Crippen LogP contribution < -0.4 is 11.1 Å². The topological polar surface area (TPSA) is 89.6 Å². The van der Waals surface area contributed by atoms with Crippen LogP contribution in [0.25, 0.3) is 0 Å². The highest BCUT2D eigenvalue weighted by molar-refractivity contribution is 7.09. The molecule has 3 N–H and O–H groups in total. The Morgan fingerprint density at radius 1 is 1.46 bits per heavy atom. The summed E-state index contributed by atoms with van der Waals surface area (Å²) < 4.78 is 42.5. The summed E-state index contributed by atoms with van der Waals surface area (Å²) in [5, 5.41) is 5.01. The SMILES string of the molecule is Cc1nc(C(=O)Nc2ccc(F)c(CN=C(N)COCC(F)F)c2)cs1. The van der Waals surface area contributed by atoms with Gasteiger partial charge in [0, 0.05) is 16.6 Å². The fourth-order valence-corrected chi connectivity index (χ4v) is 2.51. The summed E-state index contributed by atoms with van der Waals surface area (Å²) in [6.07, 6.45) is -2.60. The van der Waals surface area contributed by atoms with Crippen LogP contribution >= 0.6 is 11.3 Å². The second kappa shape index (κ2) is 9.30. The number of benzene rings is 1. The summed E-state index contributed by atoms with van der Waals surface area (Å²) in [7, 11) is 0. The number of alkyl halides is 2. The van der Waals surface area contributed by atoms with Crippen molar-refractivity contribution in [1.82, 2.24) is 4.98 Å². The Morgan fingerprint density at radius 3 is 2.88 bits per heavy atom. The quantitative estimate of drug-likeness (QED) is 0.539. The van der Waals surface area contributed by atoms with Gasteiger partial charge in [0.1, 0.15) is 30.6 Å². The molecule has 1 heterocycles. The Kier molecular flexibility index (Phi) is 7.10. The zero-order valence-corrected chi connectivity index (χ0v) is 14.7. The monoisotopic (exact) mass is 386 g/mol. The number of amides is 1. The van der Waals surface area contributed by atoms with Gasteiger partial charge < -0.3 is 15.8 Å². The summed E-state index contributed by atoms with van der Waals surface area (Å²) in [6, 6.07) is 4.02. The van der Waals surface area contributed by atoms with E-state index in [-0.39, 0.29) is 30.2 Å². The molecule has 2 rings (SSSR count). The van der Waals surface area contributed by atoms with Crippen LogP contribution in [0.3, 0.4) is 0 Å². The molecule has 0 aliphatic heterocycles. The molecule has 0 spiro atoms. The third-order valence-corrected chi connectivity index (χ3v) is 3.88. The van der Waals surface area contributed by atoms with Gasteiger partial charge in [-0.25, -0.2) is 18.2 Å². The zero-order chi connectivity index (χ0) is 19.1. The standard InChI is InChI=1S/C16H17F3N4O2S/c1-9-22-13(8-26-9)16(24)23-11-2-3-12(17)10(4-11)5-21-15(20)7-25-6-14(18)19/h2-4,8,14H,5-7H2,1H3,(H2,20,21)(H,23,24). The second-order valence-electron chi connectivity index (χ2n) is 5.23. The fourth-order valence-electron chi connectivity index (χ4n) is 1.92. The van der Waals surface area contributed by atoms with Crippen LogP contribution in [0.4, 0.5) is 18.9 Å². The summed E-state index contributed by atoms with van der Waals surface area (Å²) in [4.78, 5) is 20.0. The van der Waals surface area contributed by atoms with Crippen LogP contribution in [0.1, 0.15) is 21.1 Å². The molecule has 0 bridgehead atoms. The van der Waals surface area contributed by atoms with Crippen molar-refractivity contribution in [2.45, 2.75) is 19.9 Å². The minimum Gasteiger partial charge on any atom is -0.386 e. The van der Waals surface area contributed by atoms with E-state index in [1.165, 1.54) is 29.5 Å². The van der Waals surface area contributed by atoms with E-state index in [2.05, 4.69) is 20.0 Å². The third-order valence-electron chi connectivity index (χ3n) is 3.10. The smallest absolute Gasteiger partial charge is 0.275 e. The molecule has 6 nitrogen and oxygen atoms in total. The van der Waals surface area contributed by atoms with Gasteiger partial charge >= 0.3 is 0 Å². The Bertz CT molecular complexity index is 796. The van der Waals surface area contributed by atoms with Gasteiger partial charge in [-0.1, -0.05) is 0 Å². The summed E-state index contributed by atoms with van der Waals surface area (Å²) in [5.74, 6) is -0.967. The van der Waals surface area contributed by atoms with Crippen molar-refractivity contribution in [1.29, 1.82) is 0 Å². The van der Waals surface area contributed by atoms with Crippen LogP contribution in [0.5, 0.6) is 0 Å². The normalized spacial score (nSPS) is 11.8. The lowest BCUT2D eigenvalue weighted by molar-refractivity contribution is 0.0321. The number of aryl methyl sites for hydroxylation is 1. The largest absolute Gasteiger partial charge is 0.386 e. The molecule has 10 heteroatoms. The maximum Gasteiger partial charge on any atom is 0.275 e. The molecule has 0 radical (unpaired) electrons. The number of hydrogen-bond donors (Lipinski definition) is 2. The Hall–Kier alpha value is -2.46. The van der Waals surface area contributed by atoms with Crippen LogP contribution in [0, 0.1) is 12.7 Å². The van der Waals surface area contributed by atoms with E-state index in [9.17, 15) is 18.0 Å². The fraction of sp³-hybridized carbons (Fsp3) is 0.312. The van der Waals surface area contributed by atoms with Crippen LogP contribution in [-0.4, -0.2) is 36.4 Å². The molecule has 26 heavy (non-hydrogen) atoms. The summed E-state index contributed by atoms with van der Waals surface area (Å²) >= 11 is 1.35. The number of aliphatic imine (C=N–C) groups is 1. The van der Waals surface area contributed by atoms with E-state index in [1.807, 2.05) is 0 Å². The highest BCUT2D eigenvalue weighted by Gasteiger charge is 2.11. The van der Waals surface area contributed by atoms with Crippen molar-refractivity contribution in [3.8, 4) is 0 Å². The van der Waals surface area contributed by atoms with Gasteiger partial charge in [-0.15, -0.1) is 11.3 Å². The Labute approximate surface area is 151 Å². The molecule has 0 saturated heterocycles. The first-order valence-corrected chi connectivity index (χ1v) is 8.39. The number of ether oxygens (including phenoxy) is 1. The average Bonchev–Trinajstić information content (AvgIpc) is 3.01. The second-order valence-corrected chi connectivity index (χ2v) is 6.29. The van der Waals surface area contributed by atoms with E-state index in [0.717, 1.165) is 5.01 Å². The van der Waals surface area contributed by atoms with Crippen LogP contribution in [0.15, 0.2) is 28.6 Å². The molecule has 0 aliphatic rings. The van der Waals surface area contributed by atoms with Gasteiger partial charge in [-0.05, 0) is 25.1 Å². The number of nitrogens with one attached hydrogen (secondary N) is 1. The van der Waals surface area contributed by atoms with Crippen LogP contribution in [0.2, 0.25) is 0 Å². The summed E-state index contributed by atoms with van der Waals surface area (Å²) in [6.45, 7) is 0.647. The van der Waals surface area contributed by atoms with Crippen molar-refractivity contribution >= 4 is 28.8 Å². The molecule has 0 atom stereocenters. The third kappa shape index (κ3) is 6.12. The molecule has 0 aliphatic carbocycles. The molecule has 2 aromatic rings. The Morgan fingerprint density at radius 2 is 2.23 bits per heavy atom. The number of nitrogens with two attached hydrogens (primary N) is 1. The van der Waals surface area contributed by atoms with Gasteiger partial charge in [0.15, 0.2) is 0 Å². The van der Waals surface area contributed by atoms with E-state index in [4.69, 9.17) is 5.73 Å². The van der Waals surface area contributed by atoms with Crippen molar-refractivity contribution < 1.29 is 22.7 Å². The minimum atomic E-state index is -2.60. The van der Waals surface area contributed by atoms with Gasteiger partial charge in [0.25, 0.3) is 12.3 Å². The number of anilines is 1. The van der Waals surface area contributed by atoms with Gasteiger partial charge in [0.2, 0.25) is 0 Å². The maximum absolute atomic E-state index is 13.9. The number of nitrogens with zero attached hydrogens (tertiary/aromatic N) is 2. The van der Waals surface area contributed by atoms with Crippen molar-refractivity contribution in [3.63, 3.8) is 0 Å². The Balaban J connectivity index is 1.99. The number of aromatic nitrogens is 1. The van der Waals surface area contributed by atoms with Crippen molar-refractivity contribution in [2.75, 3.05) is 18.5 Å². The first-order chi connectivity index (χ1) is 12.3. The number of amidine groups is 1. The van der Waals surface area contributed by atoms with E-state index >= 15 is 0 Å². The molecule has 1 aromatic carbocycles. The zero-order valence-electron chi connectivity index (χ0n) is 13.8. The number of carbonyl (C=O) groups is 1. The highest BCUT2D eigenvalue weighted by Crippen LogP contribution is 2.17. The first-order valence-electron chi connectivity index (χ1n) is 7.51. The van der Waals surface area contributed by atoms with Crippen LogP contribution in [-0.2, 0) is 11.3 Å². The number of hydrogen-bond acceptors (Lipinski definition) is 5. The number of halogens is 3. The lowest BCUT2D eigenvalue weighted by Gasteiger charge is -2.07. The van der Waals surface area contributed by atoms with E-state index in [0.29, 0.717) is 5.69 Å². The van der Waals surface area contributed by atoms with E-state index in [1.54, 1.807) is 12.3 Å². The molecule has 1 amide bonds. The molecular weight excluding hydrogens is 369 g/mol. The predicted molar refractivity (Wildman–Crippen MR) is 93.4 cm³/mol. The molecule has 0 saturated carbocycles. The number of carbonyl (C=O) groups excluding carboxylic acids is 1. The maximum atomic E-state index is 13.9. The molecule has 0 unspecified atom stereocenters. The van der Waals surface area contributed by atoms with Gasteiger partial charge in [-0.2, -0.15) is 0 Å². The lowest BCUT2D eigenvalue weighted by Crippen LogP contribution is -2.21. The van der Waals surface area contributed by atoms with Crippen molar-refractivity contribution in [2.24, 2.45) is 10.7 Å². The average molecular weight is 386 g/mol. The van der Waals surface area contributed by atoms with Crippen molar-refractivity contribution in [3.05, 3.63) is 45.7 Å². The number of rotatable bonds is 8. The van der Waals surface area contributed by atoms with E-state index < -0.39 is 24.8 Å². The lowest BCUT2D eigenvalue weighted by atomic mass is 10.2. The molecular formula is C16H17F3N4O2S. The number of thiazole rings is 1. The summed E-state index contributed by atoms with van der Waals surface area (Å²) in [5.41, 5.74) is 6.37. The first kappa shape index (κ1) is 19.9. The molecule has 0 fully saturated rings. The molecule has 1 aromatic heterocycles. The van der Waals surface area contributed by atoms with Gasteiger partial charge in [-0.3, -0.25) is 9.79 Å².